The molecule has 33 heavy (non-hydrogen) atoms. The van der Waals surface area contributed by atoms with Gasteiger partial charge in [0.2, 0.25) is 22.8 Å². The van der Waals surface area contributed by atoms with E-state index >= 15 is 0 Å². The third kappa shape index (κ3) is 5.85. The van der Waals surface area contributed by atoms with Crippen molar-refractivity contribution in [2.24, 2.45) is 0 Å². The molecule has 0 spiro atoms. The van der Waals surface area contributed by atoms with E-state index in [-0.39, 0.29) is 29.1 Å². The van der Waals surface area contributed by atoms with Gasteiger partial charge < -0.3 is 14.6 Å². The van der Waals surface area contributed by atoms with Crippen LogP contribution in [0.2, 0.25) is 0 Å². The van der Waals surface area contributed by atoms with E-state index < -0.39 is 6.36 Å². The summed E-state index contributed by atoms with van der Waals surface area (Å²) in [5, 5.41) is 18.6. The second-order valence-corrected chi connectivity index (χ2v) is 7.42. The van der Waals surface area contributed by atoms with Crippen LogP contribution in [0, 0.1) is 0 Å². The van der Waals surface area contributed by atoms with Crippen LogP contribution in [0.25, 0.3) is 17.1 Å². The van der Waals surface area contributed by atoms with Crippen molar-refractivity contribution in [2.45, 2.75) is 24.2 Å². The number of nitrogens with one attached hydrogen (secondary N) is 1. The normalized spacial score (nSPS) is 11.4. The fraction of sp³-hybridized carbons (Fsp3) is 0.158. The largest absolute Gasteiger partial charge is 0.573 e. The number of aromatic nitrogens is 6. The Balaban J connectivity index is 1.43. The van der Waals surface area contributed by atoms with Gasteiger partial charge in [-0.1, -0.05) is 23.0 Å². The fourth-order valence-corrected chi connectivity index (χ4v) is 3.44. The zero-order chi connectivity index (χ0) is 23.4. The number of thioether (sulfide) groups is 1. The van der Waals surface area contributed by atoms with E-state index in [1.165, 1.54) is 35.5 Å². The van der Waals surface area contributed by atoms with Gasteiger partial charge in [-0.2, -0.15) is 9.67 Å². The van der Waals surface area contributed by atoms with Crippen molar-refractivity contribution in [1.29, 1.82) is 0 Å². The summed E-state index contributed by atoms with van der Waals surface area (Å²) in [5.74, 6) is 0.181. The average molecular weight is 477 g/mol. The number of halogens is 3. The summed E-state index contributed by atoms with van der Waals surface area (Å²) < 4.78 is 47.4. The van der Waals surface area contributed by atoms with Crippen LogP contribution < -0.4 is 10.1 Å². The van der Waals surface area contributed by atoms with Crippen LogP contribution in [0.5, 0.6) is 5.75 Å². The summed E-state index contributed by atoms with van der Waals surface area (Å²) >= 11 is 1.24. The number of ether oxygens (including phenoxy) is 1. The summed E-state index contributed by atoms with van der Waals surface area (Å²) in [5.41, 5.74) is 1.70. The number of carbonyl (C=O) groups excluding carboxylic acids is 1. The van der Waals surface area contributed by atoms with Crippen LogP contribution in [-0.2, 0) is 10.5 Å². The number of carbonyl (C=O) groups is 1. The van der Waals surface area contributed by atoms with Crippen LogP contribution >= 0.6 is 11.8 Å². The number of benzene rings is 2. The van der Waals surface area contributed by atoms with Gasteiger partial charge in [0.1, 0.15) is 5.75 Å². The Kier molecular flexibility index (Phi) is 6.26. The minimum atomic E-state index is -4.77. The summed E-state index contributed by atoms with van der Waals surface area (Å²) in [4.78, 5) is 15.5. The number of anilines is 1. The maximum atomic E-state index is 12.3. The summed E-state index contributed by atoms with van der Waals surface area (Å²) in [6.45, 7) is 1.41. The molecule has 14 heteroatoms. The Morgan fingerprint density at radius 2 is 2.00 bits per heavy atom. The lowest BCUT2D eigenvalue weighted by atomic mass is 10.2. The summed E-state index contributed by atoms with van der Waals surface area (Å²) in [7, 11) is 0. The molecular weight excluding hydrogens is 463 g/mol. The van der Waals surface area contributed by atoms with E-state index in [1.54, 1.807) is 24.3 Å². The fourth-order valence-electron chi connectivity index (χ4n) is 2.71. The Bertz CT molecular complexity index is 1260. The first kappa shape index (κ1) is 22.3. The average Bonchev–Trinajstić information content (AvgIpc) is 3.41. The lowest BCUT2D eigenvalue weighted by molar-refractivity contribution is -0.274. The minimum absolute atomic E-state index is 0.201. The molecule has 2 aromatic carbocycles. The molecule has 0 saturated heterocycles. The first-order chi connectivity index (χ1) is 15.8. The van der Waals surface area contributed by atoms with E-state index in [9.17, 15) is 18.0 Å². The minimum Gasteiger partial charge on any atom is -0.406 e. The van der Waals surface area contributed by atoms with Gasteiger partial charge in [-0.05, 0) is 52.9 Å². The highest BCUT2D eigenvalue weighted by Gasteiger charge is 2.31. The van der Waals surface area contributed by atoms with Gasteiger partial charge in [0.05, 0.1) is 11.4 Å². The lowest BCUT2D eigenvalue weighted by Crippen LogP contribution is -2.16. The first-order valence-electron chi connectivity index (χ1n) is 9.25. The van der Waals surface area contributed by atoms with E-state index in [1.807, 2.05) is 0 Å². The standard InChI is InChI=1S/C19H14F3N7O3S/c1-11(30)23-13-3-2-4-14(9-13)29-18(25-27-28-29)33-10-16-24-17(26-32-16)12-5-7-15(8-6-12)31-19(20,21)22/h2-9H,10H2,1H3,(H,23,30). The van der Waals surface area contributed by atoms with E-state index in [0.717, 1.165) is 12.1 Å². The maximum Gasteiger partial charge on any atom is 0.573 e. The van der Waals surface area contributed by atoms with Crippen molar-refractivity contribution in [2.75, 3.05) is 5.32 Å². The number of hydrogen-bond donors (Lipinski definition) is 1. The molecule has 0 atom stereocenters. The molecule has 0 fully saturated rings. The van der Waals surface area contributed by atoms with Crippen LogP contribution in [0.3, 0.4) is 0 Å². The molecule has 10 nitrogen and oxygen atoms in total. The molecule has 0 aliphatic carbocycles. The second-order valence-electron chi connectivity index (χ2n) is 6.48. The molecule has 0 bridgehead atoms. The van der Waals surface area contributed by atoms with Gasteiger partial charge in [0, 0.05) is 18.2 Å². The zero-order valence-electron chi connectivity index (χ0n) is 16.8. The second kappa shape index (κ2) is 9.28. The van der Waals surface area contributed by atoms with Crippen molar-refractivity contribution in [3.8, 4) is 22.8 Å². The van der Waals surface area contributed by atoms with Crippen molar-refractivity contribution < 1.29 is 27.2 Å². The lowest BCUT2D eigenvalue weighted by Gasteiger charge is -2.08. The highest BCUT2D eigenvalue weighted by Crippen LogP contribution is 2.27. The maximum absolute atomic E-state index is 12.3. The van der Waals surface area contributed by atoms with Gasteiger partial charge in [-0.25, -0.2) is 0 Å². The summed E-state index contributed by atoms with van der Waals surface area (Å²) in [6, 6.07) is 12.1. The molecule has 1 N–H and O–H groups in total. The van der Waals surface area contributed by atoms with Crippen LogP contribution in [0.4, 0.5) is 18.9 Å². The third-order valence-electron chi connectivity index (χ3n) is 3.99. The van der Waals surface area contributed by atoms with Gasteiger partial charge >= 0.3 is 6.36 Å². The van der Waals surface area contributed by atoms with Crippen molar-refractivity contribution in [3.63, 3.8) is 0 Å². The number of nitrogens with zero attached hydrogens (tertiary/aromatic N) is 6. The van der Waals surface area contributed by atoms with E-state index in [0.29, 0.717) is 22.1 Å². The Labute approximate surface area is 188 Å². The smallest absolute Gasteiger partial charge is 0.406 e. The molecule has 0 unspecified atom stereocenters. The van der Waals surface area contributed by atoms with E-state index in [4.69, 9.17) is 4.52 Å². The molecule has 4 aromatic rings. The molecule has 0 aliphatic heterocycles. The molecule has 2 aromatic heterocycles. The summed E-state index contributed by atoms with van der Waals surface area (Å²) in [6.07, 6.45) is -4.77. The Morgan fingerprint density at radius 1 is 1.21 bits per heavy atom. The van der Waals surface area contributed by atoms with Crippen LogP contribution in [0.15, 0.2) is 58.2 Å². The van der Waals surface area contributed by atoms with Crippen molar-refractivity contribution >= 4 is 23.4 Å². The SMILES string of the molecule is CC(=O)Nc1cccc(-n2nnnc2SCc2nc(-c3ccc(OC(F)(F)F)cc3)no2)c1. The van der Waals surface area contributed by atoms with Gasteiger partial charge in [-0.15, -0.1) is 18.3 Å². The molecule has 4 rings (SSSR count). The first-order valence-corrected chi connectivity index (χ1v) is 10.2. The number of hydrogen-bond acceptors (Lipinski definition) is 9. The Morgan fingerprint density at radius 3 is 2.73 bits per heavy atom. The quantitative estimate of drug-likeness (QED) is 0.396. The van der Waals surface area contributed by atoms with Crippen LogP contribution in [-0.4, -0.2) is 42.6 Å². The number of amides is 1. The van der Waals surface area contributed by atoms with Gasteiger partial charge in [0.15, 0.2) is 0 Å². The van der Waals surface area contributed by atoms with Crippen molar-refractivity contribution in [3.05, 3.63) is 54.4 Å². The van der Waals surface area contributed by atoms with E-state index in [2.05, 4.69) is 35.7 Å². The molecular formula is C19H14F3N7O3S. The van der Waals surface area contributed by atoms with Crippen LogP contribution in [0.1, 0.15) is 12.8 Å². The predicted octanol–water partition coefficient (Wildman–Crippen LogP) is 3.86. The third-order valence-corrected chi connectivity index (χ3v) is 4.89. The molecule has 170 valence electrons. The van der Waals surface area contributed by atoms with Gasteiger partial charge in [0.25, 0.3) is 0 Å². The zero-order valence-corrected chi connectivity index (χ0v) is 17.6. The van der Waals surface area contributed by atoms with Gasteiger partial charge in [-0.3, -0.25) is 4.79 Å². The van der Waals surface area contributed by atoms with Crippen molar-refractivity contribution in [1.82, 2.24) is 30.3 Å². The topological polar surface area (TPSA) is 121 Å². The Hall–Kier alpha value is -3.94. The molecule has 2 heterocycles. The highest BCUT2D eigenvalue weighted by atomic mass is 32.2. The monoisotopic (exact) mass is 477 g/mol. The number of tetrazole rings is 1. The molecule has 0 saturated carbocycles. The number of alkyl halides is 3. The molecule has 0 aliphatic rings. The molecule has 1 amide bonds. The predicted molar refractivity (Wildman–Crippen MR) is 109 cm³/mol. The molecule has 0 radical (unpaired) electrons. The number of rotatable bonds is 7. The highest BCUT2D eigenvalue weighted by molar-refractivity contribution is 7.98.